The SMILES string of the molecule is CC1=Nc2cc(I)c(S(=O)(=O)O)c(I)c2C1(C)CCCCS(=O)(=O)O. The summed E-state index contributed by atoms with van der Waals surface area (Å²) in [4.78, 5) is 4.42. The van der Waals surface area contributed by atoms with Gasteiger partial charge < -0.3 is 0 Å². The van der Waals surface area contributed by atoms with E-state index in [9.17, 15) is 21.4 Å². The van der Waals surface area contributed by atoms with Crippen molar-refractivity contribution in [3.8, 4) is 0 Å². The van der Waals surface area contributed by atoms with Crippen LogP contribution in [0.25, 0.3) is 0 Å². The molecule has 0 amide bonds. The Labute approximate surface area is 174 Å². The van der Waals surface area contributed by atoms with Gasteiger partial charge in [0.05, 0.1) is 11.4 Å². The standard InChI is InChI=1S/C14H17I2NO6S2/c1-8-14(2,5-3-4-6-24(18,19)20)11-10(17-8)7-9(15)13(12(11)16)25(21,22)23/h7H,3-6H2,1-2H3,(H,18,19,20)(H,21,22,23). The van der Waals surface area contributed by atoms with Crippen LogP contribution in [-0.4, -0.2) is 37.4 Å². The van der Waals surface area contributed by atoms with Crippen LogP contribution in [0.2, 0.25) is 0 Å². The van der Waals surface area contributed by atoms with E-state index in [1.807, 2.05) is 59.0 Å². The maximum Gasteiger partial charge on any atom is 0.296 e. The van der Waals surface area contributed by atoms with E-state index in [2.05, 4.69) is 4.99 Å². The Bertz CT molecular complexity index is 956. The second-order valence-electron chi connectivity index (χ2n) is 6.14. The average Bonchev–Trinajstić information content (AvgIpc) is 2.64. The number of unbranched alkanes of at least 4 members (excludes halogenated alkanes) is 1. The van der Waals surface area contributed by atoms with Crippen LogP contribution < -0.4 is 0 Å². The predicted octanol–water partition coefficient (Wildman–Crippen LogP) is 3.56. The lowest BCUT2D eigenvalue weighted by Crippen LogP contribution is -2.29. The number of rotatable bonds is 6. The van der Waals surface area contributed by atoms with Crippen molar-refractivity contribution in [2.24, 2.45) is 4.99 Å². The zero-order chi connectivity index (χ0) is 19.2. The zero-order valence-corrected chi connectivity index (χ0v) is 19.4. The van der Waals surface area contributed by atoms with Crippen LogP contribution in [0.3, 0.4) is 0 Å². The molecule has 0 spiro atoms. The van der Waals surface area contributed by atoms with E-state index in [0.29, 0.717) is 32.1 Å². The number of benzene rings is 1. The molecule has 11 heteroatoms. The van der Waals surface area contributed by atoms with Crippen LogP contribution in [0.4, 0.5) is 5.69 Å². The van der Waals surface area contributed by atoms with E-state index >= 15 is 0 Å². The van der Waals surface area contributed by atoms with Crippen molar-refractivity contribution in [1.29, 1.82) is 0 Å². The summed E-state index contributed by atoms with van der Waals surface area (Å²) in [5, 5.41) is 0. The Hall–Kier alpha value is 0.170. The lowest BCUT2D eigenvalue weighted by Gasteiger charge is -2.28. The largest absolute Gasteiger partial charge is 0.296 e. The highest BCUT2D eigenvalue weighted by molar-refractivity contribution is 14.1. The van der Waals surface area contributed by atoms with Crippen molar-refractivity contribution >= 4 is 76.8 Å². The monoisotopic (exact) mass is 613 g/mol. The van der Waals surface area contributed by atoms with Crippen LogP contribution in [0.15, 0.2) is 16.0 Å². The van der Waals surface area contributed by atoms with E-state index < -0.39 is 25.7 Å². The number of aliphatic imine (C=N–C) groups is 1. The number of halogens is 2. The minimum atomic E-state index is -4.38. The zero-order valence-electron chi connectivity index (χ0n) is 13.5. The maximum atomic E-state index is 11.8. The van der Waals surface area contributed by atoms with E-state index in [-0.39, 0.29) is 10.6 Å². The molecule has 0 radical (unpaired) electrons. The van der Waals surface area contributed by atoms with Gasteiger partial charge in [0, 0.05) is 23.8 Å². The highest BCUT2D eigenvalue weighted by Gasteiger charge is 2.40. The molecule has 0 fully saturated rings. The molecule has 7 nitrogen and oxygen atoms in total. The Morgan fingerprint density at radius 2 is 1.76 bits per heavy atom. The molecular weight excluding hydrogens is 596 g/mol. The molecule has 0 saturated carbocycles. The molecule has 1 heterocycles. The van der Waals surface area contributed by atoms with Gasteiger partial charge in [-0.2, -0.15) is 16.8 Å². The minimum absolute atomic E-state index is 0.124. The molecule has 1 aromatic carbocycles. The first-order valence-electron chi connectivity index (χ1n) is 7.28. The van der Waals surface area contributed by atoms with Crippen molar-refractivity contribution < 1.29 is 25.9 Å². The molecule has 1 aliphatic heterocycles. The van der Waals surface area contributed by atoms with Gasteiger partial charge in [-0.05, 0) is 71.0 Å². The molecule has 1 aromatic rings. The Morgan fingerprint density at radius 3 is 2.28 bits per heavy atom. The van der Waals surface area contributed by atoms with Crippen LogP contribution in [0.1, 0.15) is 38.7 Å². The van der Waals surface area contributed by atoms with Gasteiger partial charge in [-0.15, -0.1) is 0 Å². The Kier molecular flexibility index (Phi) is 6.27. The van der Waals surface area contributed by atoms with Crippen molar-refractivity contribution in [2.75, 3.05) is 5.75 Å². The molecule has 140 valence electrons. The molecule has 1 atom stereocenters. The van der Waals surface area contributed by atoms with Crippen LogP contribution in [0.5, 0.6) is 0 Å². The summed E-state index contributed by atoms with van der Waals surface area (Å²) in [7, 11) is -8.37. The summed E-state index contributed by atoms with van der Waals surface area (Å²) in [6.07, 6.45) is 1.36. The summed E-state index contributed by atoms with van der Waals surface area (Å²) < 4.78 is 64.4. The second kappa shape index (κ2) is 7.30. The fraction of sp³-hybridized carbons (Fsp3) is 0.500. The molecular formula is C14H17I2NO6S2. The summed E-state index contributed by atoms with van der Waals surface area (Å²) in [5.41, 5.74) is 1.63. The maximum absolute atomic E-state index is 11.8. The smallest absolute Gasteiger partial charge is 0.286 e. The summed E-state index contributed by atoms with van der Waals surface area (Å²) in [5.74, 6) is -0.313. The molecule has 2 rings (SSSR count). The first-order chi connectivity index (χ1) is 11.3. The summed E-state index contributed by atoms with van der Waals surface area (Å²) in [6, 6.07) is 1.63. The van der Waals surface area contributed by atoms with Crippen molar-refractivity contribution in [3.05, 3.63) is 18.8 Å². The Balaban J connectivity index is 2.43. The third kappa shape index (κ3) is 4.54. The third-order valence-electron chi connectivity index (χ3n) is 4.38. The van der Waals surface area contributed by atoms with Crippen LogP contribution >= 0.6 is 45.2 Å². The topological polar surface area (TPSA) is 121 Å². The number of hydrogen-bond donors (Lipinski definition) is 2. The quantitative estimate of drug-likeness (QED) is 0.288. The van der Waals surface area contributed by atoms with Gasteiger partial charge in [0.2, 0.25) is 0 Å². The number of fused-ring (bicyclic) bond motifs is 1. The lowest BCUT2D eigenvalue weighted by molar-refractivity contribution is 0.473. The van der Waals surface area contributed by atoms with Crippen molar-refractivity contribution in [3.63, 3.8) is 0 Å². The van der Waals surface area contributed by atoms with E-state index in [1.54, 1.807) is 6.07 Å². The van der Waals surface area contributed by atoms with Crippen molar-refractivity contribution in [2.45, 2.75) is 43.4 Å². The van der Waals surface area contributed by atoms with Crippen molar-refractivity contribution in [1.82, 2.24) is 0 Å². The predicted molar refractivity (Wildman–Crippen MR) is 112 cm³/mol. The molecule has 2 N–H and O–H groups in total. The number of nitrogens with zero attached hydrogens (tertiary/aromatic N) is 1. The molecule has 0 bridgehead atoms. The van der Waals surface area contributed by atoms with Gasteiger partial charge in [-0.25, -0.2) is 0 Å². The normalized spacial score (nSPS) is 20.5. The molecule has 0 aromatic heterocycles. The van der Waals surface area contributed by atoms with Gasteiger partial charge in [0.1, 0.15) is 4.90 Å². The van der Waals surface area contributed by atoms with E-state index in [1.165, 1.54) is 0 Å². The fourth-order valence-corrected chi connectivity index (χ4v) is 8.11. The van der Waals surface area contributed by atoms with Gasteiger partial charge in [-0.1, -0.05) is 13.3 Å². The molecule has 1 aliphatic rings. The first-order valence-corrected chi connectivity index (χ1v) is 12.5. The Morgan fingerprint density at radius 1 is 1.16 bits per heavy atom. The summed E-state index contributed by atoms with van der Waals surface area (Å²) >= 11 is 3.77. The highest BCUT2D eigenvalue weighted by Crippen LogP contribution is 2.48. The fourth-order valence-electron chi connectivity index (χ4n) is 2.99. The number of hydrogen-bond acceptors (Lipinski definition) is 5. The van der Waals surface area contributed by atoms with E-state index in [4.69, 9.17) is 4.55 Å². The summed E-state index contributed by atoms with van der Waals surface area (Å²) in [6.45, 7) is 3.77. The van der Waals surface area contributed by atoms with E-state index in [0.717, 1.165) is 11.3 Å². The van der Waals surface area contributed by atoms with Crippen LogP contribution in [0, 0.1) is 7.14 Å². The molecule has 25 heavy (non-hydrogen) atoms. The highest BCUT2D eigenvalue weighted by atomic mass is 127. The average molecular weight is 613 g/mol. The lowest BCUT2D eigenvalue weighted by atomic mass is 9.76. The van der Waals surface area contributed by atoms with Gasteiger partial charge in [0.25, 0.3) is 20.2 Å². The van der Waals surface area contributed by atoms with Gasteiger partial charge in [-0.3, -0.25) is 14.1 Å². The third-order valence-corrected chi connectivity index (χ3v) is 8.79. The molecule has 0 aliphatic carbocycles. The van der Waals surface area contributed by atoms with Crippen LogP contribution in [-0.2, 0) is 25.7 Å². The minimum Gasteiger partial charge on any atom is -0.286 e. The molecule has 0 saturated heterocycles. The molecule has 1 unspecified atom stereocenters. The first kappa shape index (κ1) is 21.5. The van der Waals surface area contributed by atoms with Gasteiger partial charge >= 0.3 is 0 Å². The van der Waals surface area contributed by atoms with Gasteiger partial charge in [0.15, 0.2) is 0 Å². The second-order valence-corrected chi connectivity index (χ2v) is 11.3.